The van der Waals surface area contributed by atoms with Crippen molar-refractivity contribution in [3.63, 3.8) is 0 Å². The number of halogens is 4. The summed E-state index contributed by atoms with van der Waals surface area (Å²) in [6.07, 6.45) is -5.09. The molecule has 0 aromatic heterocycles. The van der Waals surface area contributed by atoms with Crippen molar-refractivity contribution in [3.8, 4) is 11.5 Å². The summed E-state index contributed by atoms with van der Waals surface area (Å²) in [6, 6.07) is 4.33. The van der Waals surface area contributed by atoms with E-state index in [1.54, 1.807) is 18.2 Å². The zero-order valence-corrected chi connectivity index (χ0v) is 14.7. The summed E-state index contributed by atoms with van der Waals surface area (Å²) >= 11 is 0. The first-order valence-electron chi connectivity index (χ1n) is 7.77. The van der Waals surface area contributed by atoms with Crippen LogP contribution in [0.1, 0.15) is 24.9 Å². The largest absolute Gasteiger partial charge is 0.493 e. The first kappa shape index (κ1) is 20.9. The summed E-state index contributed by atoms with van der Waals surface area (Å²) in [5, 5.41) is 3.17. The second-order valence-corrected chi connectivity index (χ2v) is 5.46. The third-order valence-corrected chi connectivity index (χ3v) is 3.89. The molecule has 1 saturated heterocycles. The molecule has 4 nitrogen and oxygen atoms in total. The lowest BCUT2D eigenvalue weighted by Gasteiger charge is -2.35. The van der Waals surface area contributed by atoms with Gasteiger partial charge in [-0.1, -0.05) is 6.07 Å². The Morgan fingerprint density at radius 3 is 2.42 bits per heavy atom. The summed E-state index contributed by atoms with van der Waals surface area (Å²) in [5.41, 5.74) is 0.605. The lowest BCUT2D eigenvalue weighted by Crippen LogP contribution is -2.46. The fourth-order valence-corrected chi connectivity index (χ4v) is 2.84. The highest BCUT2D eigenvalue weighted by Gasteiger charge is 2.36. The third-order valence-electron chi connectivity index (χ3n) is 3.89. The summed E-state index contributed by atoms with van der Waals surface area (Å²) in [4.78, 5) is 1.88. The Kier molecular flexibility index (Phi) is 8.12. The summed E-state index contributed by atoms with van der Waals surface area (Å²) in [7, 11) is 1.51. The molecule has 1 aliphatic rings. The molecule has 1 aliphatic heterocycles. The molecular formula is C16H24ClF3N2O2. The molecule has 138 valence electrons. The predicted molar refractivity (Wildman–Crippen MR) is 89.3 cm³/mol. The molecule has 0 spiro atoms. The summed E-state index contributed by atoms with van der Waals surface area (Å²) in [6.45, 7) is 4.84. The Bertz CT molecular complexity index is 509. The second kappa shape index (κ2) is 9.34. The van der Waals surface area contributed by atoms with Crippen LogP contribution in [0, 0.1) is 0 Å². The zero-order chi connectivity index (χ0) is 16.9. The van der Waals surface area contributed by atoms with E-state index in [2.05, 4.69) is 5.32 Å². The Balaban J connectivity index is 0.00000288. The normalized spacial score (nSPS) is 17.0. The molecule has 0 bridgehead atoms. The van der Waals surface area contributed by atoms with E-state index in [0.29, 0.717) is 49.8 Å². The van der Waals surface area contributed by atoms with Crippen LogP contribution < -0.4 is 14.8 Å². The van der Waals surface area contributed by atoms with Crippen LogP contribution in [0.15, 0.2) is 18.2 Å². The lowest BCUT2D eigenvalue weighted by molar-refractivity contribution is -0.148. The van der Waals surface area contributed by atoms with Gasteiger partial charge in [0, 0.05) is 32.2 Å². The van der Waals surface area contributed by atoms with Crippen molar-refractivity contribution in [1.82, 2.24) is 10.2 Å². The van der Waals surface area contributed by atoms with E-state index in [1.807, 2.05) is 11.8 Å². The van der Waals surface area contributed by atoms with Crippen molar-refractivity contribution in [2.24, 2.45) is 0 Å². The number of alkyl halides is 3. The standard InChI is InChI=1S/C16H23F3N2O2.ClH/c1-3-23-15-10-12(4-5-14(15)22-2)13(11-16(17,18)19)21-8-6-20-7-9-21;/h4-5,10,13,20H,3,6-9,11H2,1-2H3;1H/t13-;/m0./s1. The van der Waals surface area contributed by atoms with Gasteiger partial charge in [-0.2, -0.15) is 13.2 Å². The highest BCUT2D eigenvalue weighted by Crippen LogP contribution is 2.37. The molecule has 1 N–H and O–H groups in total. The van der Waals surface area contributed by atoms with E-state index in [-0.39, 0.29) is 12.4 Å². The van der Waals surface area contributed by atoms with Gasteiger partial charge in [-0.3, -0.25) is 4.90 Å². The number of benzene rings is 1. The molecule has 1 aromatic carbocycles. The molecule has 0 saturated carbocycles. The lowest BCUT2D eigenvalue weighted by atomic mass is 10.00. The molecule has 0 aliphatic carbocycles. The number of ether oxygens (including phenoxy) is 2. The van der Waals surface area contributed by atoms with Gasteiger partial charge in [-0.25, -0.2) is 0 Å². The molecule has 1 fully saturated rings. The number of methoxy groups -OCH3 is 1. The predicted octanol–water partition coefficient (Wildman–Crippen LogP) is 3.41. The first-order chi connectivity index (χ1) is 10.9. The Morgan fingerprint density at radius 1 is 1.21 bits per heavy atom. The van der Waals surface area contributed by atoms with Crippen LogP contribution >= 0.6 is 12.4 Å². The molecule has 8 heteroatoms. The van der Waals surface area contributed by atoms with Crippen LogP contribution in [-0.2, 0) is 0 Å². The van der Waals surface area contributed by atoms with E-state index >= 15 is 0 Å². The van der Waals surface area contributed by atoms with Gasteiger partial charge in [0.2, 0.25) is 0 Å². The maximum absolute atomic E-state index is 13.0. The van der Waals surface area contributed by atoms with E-state index in [4.69, 9.17) is 9.47 Å². The molecule has 0 radical (unpaired) electrons. The van der Waals surface area contributed by atoms with Gasteiger partial charge in [-0.05, 0) is 24.6 Å². The van der Waals surface area contributed by atoms with E-state index < -0.39 is 18.6 Å². The number of rotatable bonds is 6. The average Bonchev–Trinajstić information content (AvgIpc) is 2.53. The molecule has 0 amide bonds. The van der Waals surface area contributed by atoms with Crippen LogP contribution in [-0.4, -0.2) is 51.0 Å². The van der Waals surface area contributed by atoms with Crippen molar-refractivity contribution in [2.45, 2.75) is 25.6 Å². The number of nitrogens with one attached hydrogen (secondary N) is 1. The molecule has 1 atom stereocenters. The van der Waals surface area contributed by atoms with E-state index in [1.165, 1.54) is 7.11 Å². The topological polar surface area (TPSA) is 33.7 Å². The maximum atomic E-state index is 13.0. The number of nitrogens with zero attached hydrogens (tertiary/aromatic N) is 1. The maximum Gasteiger partial charge on any atom is 0.390 e. The molecule has 1 heterocycles. The molecular weight excluding hydrogens is 345 g/mol. The van der Waals surface area contributed by atoms with Gasteiger partial charge in [0.05, 0.1) is 20.1 Å². The van der Waals surface area contributed by atoms with Crippen LogP contribution in [0.25, 0.3) is 0 Å². The number of hydrogen-bond acceptors (Lipinski definition) is 4. The summed E-state index contributed by atoms with van der Waals surface area (Å²) < 4.78 is 49.8. The van der Waals surface area contributed by atoms with Crippen molar-refractivity contribution < 1.29 is 22.6 Å². The highest BCUT2D eigenvalue weighted by molar-refractivity contribution is 5.85. The van der Waals surface area contributed by atoms with Gasteiger partial charge < -0.3 is 14.8 Å². The minimum Gasteiger partial charge on any atom is -0.493 e. The fourth-order valence-electron chi connectivity index (χ4n) is 2.84. The Labute approximate surface area is 146 Å². The minimum atomic E-state index is -4.22. The number of piperazine rings is 1. The highest BCUT2D eigenvalue weighted by atomic mass is 35.5. The van der Waals surface area contributed by atoms with Crippen molar-refractivity contribution in [1.29, 1.82) is 0 Å². The smallest absolute Gasteiger partial charge is 0.390 e. The average molecular weight is 369 g/mol. The van der Waals surface area contributed by atoms with Crippen molar-refractivity contribution in [3.05, 3.63) is 23.8 Å². The number of hydrogen-bond donors (Lipinski definition) is 1. The van der Waals surface area contributed by atoms with Crippen LogP contribution in [0.3, 0.4) is 0 Å². The first-order valence-corrected chi connectivity index (χ1v) is 7.77. The van der Waals surface area contributed by atoms with Crippen LogP contribution in [0.5, 0.6) is 11.5 Å². The monoisotopic (exact) mass is 368 g/mol. The second-order valence-electron chi connectivity index (χ2n) is 5.46. The van der Waals surface area contributed by atoms with Gasteiger partial charge in [0.15, 0.2) is 11.5 Å². The van der Waals surface area contributed by atoms with Gasteiger partial charge in [-0.15, -0.1) is 12.4 Å². The Morgan fingerprint density at radius 2 is 1.88 bits per heavy atom. The molecule has 0 unspecified atom stereocenters. The van der Waals surface area contributed by atoms with E-state index in [9.17, 15) is 13.2 Å². The molecule has 2 rings (SSSR count). The fraction of sp³-hybridized carbons (Fsp3) is 0.625. The third kappa shape index (κ3) is 5.72. The SMILES string of the molecule is CCOc1cc([C@H](CC(F)(F)F)N2CCNCC2)ccc1OC.Cl. The van der Waals surface area contributed by atoms with E-state index in [0.717, 1.165) is 0 Å². The van der Waals surface area contributed by atoms with Crippen LogP contribution in [0.2, 0.25) is 0 Å². The van der Waals surface area contributed by atoms with Crippen LogP contribution in [0.4, 0.5) is 13.2 Å². The minimum absolute atomic E-state index is 0. The van der Waals surface area contributed by atoms with Gasteiger partial charge in [0.1, 0.15) is 0 Å². The zero-order valence-electron chi connectivity index (χ0n) is 13.9. The quantitative estimate of drug-likeness (QED) is 0.834. The van der Waals surface area contributed by atoms with Crippen molar-refractivity contribution in [2.75, 3.05) is 39.9 Å². The Hall–Kier alpha value is -1.18. The van der Waals surface area contributed by atoms with Gasteiger partial charge >= 0.3 is 6.18 Å². The summed E-state index contributed by atoms with van der Waals surface area (Å²) in [5.74, 6) is 1.01. The van der Waals surface area contributed by atoms with Gasteiger partial charge in [0.25, 0.3) is 0 Å². The molecule has 1 aromatic rings. The van der Waals surface area contributed by atoms with Crippen molar-refractivity contribution >= 4 is 12.4 Å². The molecule has 24 heavy (non-hydrogen) atoms.